The Bertz CT molecular complexity index is 334. The van der Waals surface area contributed by atoms with Crippen molar-refractivity contribution in [2.45, 2.75) is 19.9 Å². The summed E-state index contributed by atoms with van der Waals surface area (Å²) in [5, 5.41) is 0. The van der Waals surface area contributed by atoms with Gasteiger partial charge in [-0.15, -0.1) is 13.2 Å². The summed E-state index contributed by atoms with van der Waals surface area (Å²) in [6.07, 6.45) is -4.65. The molecular formula is C10H11F3O2. The summed E-state index contributed by atoms with van der Waals surface area (Å²) >= 11 is 0. The second kappa shape index (κ2) is 4.53. The minimum absolute atomic E-state index is 0.178. The van der Waals surface area contributed by atoms with Crippen molar-refractivity contribution < 1.29 is 22.6 Å². The van der Waals surface area contributed by atoms with Gasteiger partial charge in [-0.05, 0) is 24.1 Å². The first kappa shape index (κ1) is 11.8. The Hall–Kier alpha value is -1.23. The molecule has 0 aliphatic carbocycles. The molecule has 0 unspecified atom stereocenters. The smallest absolute Gasteiger partial charge is 0.406 e. The normalized spacial score (nSPS) is 11.5. The van der Waals surface area contributed by atoms with E-state index in [1.807, 2.05) is 0 Å². The maximum Gasteiger partial charge on any atom is 0.573 e. The second-order valence-electron chi connectivity index (χ2n) is 3.08. The highest BCUT2D eigenvalue weighted by atomic mass is 19.4. The number of hydrogen-bond donors (Lipinski definition) is 0. The summed E-state index contributed by atoms with van der Waals surface area (Å²) in [5.74, 6) is -0.178. The van der Waals surface area contributed by atoms with E-state index in [1.165, 1.54) is 19.2 Å². The van der Waals surface area contributed by atoms with E-state index >= 15 is 0 Å². The molecule has 5 heteroatoms. The van der Waals surface area contributed by atoms with Crippen LogP contribution in [0.1, 0.15) is 11.1 Å². The van der Waals surface area contributed by atoms with Gasteiger partial charge in [0, 0.05) is 7.11 Å². The molecule has 0 heterocycles. The third-order valence-electron chi connectivity index (χ3n) is 1.78. The third-order valence-corrected chi connectivity index (χ3v) is 1.78. The summed E-state index contributed by atoms with van der Waals surface area (Å²) in [5.41, 5.74) is 1.24. The molecule has 1 aromatic carbocycles. The number of benzene rings is 1. The number of hydrogen-bond acceptors (Lipinski definition) is 2. The van der Waals surface area contributed by atoms with E-state index in [9.17, 15) is 13.2 Å². The highest BCUT2D eigenvalue weighted by molar-refractivity contribution is 5.36. The molecule has 0 atom stereocenters. The summed E-state index contributed by atoms with van der Waals surface area (Å²) in [7, 11) is 1.52. The van der Waals surface area contributed by atoms with E-state index in [0.717, 1.165) is 5.56 Å². The molecule has 0 saturated carbocycles. The van der Waals surface area contributed by atoms with Crippen LogP contribution >= 0.6 is 0 Å². The minimum atomic E-state index is -4.65. The molecule has 0 fully saturated rings. The van der Waals surface area contributed by atoms with Crippen LogP contribution < -0.4 is 4.74 Å². The van der Waals surface area contributed by atoms with Crippen molar-refractivity contribution in [3.8, 4) is 5.75 Å². The van der Waals surface area contributed by atoms with Crippen molar-refractivity contribution >= 4 is 0 Å². The molecule has 0 aliphatic heterocycles. The van der Waals surface area contributed by atoms with Crippen molar-refractivity contribution in [1.82, 2.24) is 0 Å². The molecule has 1 aromatic rings. The van der Waals surface area contributed by atoms with Gasteiger partial charge in [0.2, 0.25) is 0 Å². The molecule has 15 heavy (non-hydrogen) atoms. The largest absolute Gasteiger partial charge is 0.573 e. The van der Waals surface area contributed by atoms with Gasteiger partial charge in [0.1, 0.15) is 5.75 Å². The number of methoxy groups -OCH3 is 1. The molecule has 0 saturated heterocycles. The molecule has 84 valence electrons. The van der Waals surface area contributed by atoms with Crippen LogP contribution in [0.25, 0.3) is 0 Å². The molecule has 1 rings (SSSR count). The number of rotatable bonds is 3. The van der Waals surface area contributed by atoms with Gasteiger partial charge in [0.15, 0.2) is 0 Å². The van der Waals surface area contributed by atoms with Gasteiger partial charge in [-0.2, -0.15) is 0 Å². The van der Waals surface area contributed by atoms with E-state index in [1.54, 1.807) is 13.0 Å². The number of alkyl halides is 3. The number of aryl methyl sites for hydroxylation is 1. The van der Waals surface area contributed by atoms with Crippen LogP contribution in [0.3, 0.4) is 0 Å². The van der Waals surface area contributed by atoms with E-state index in [4.69, 9.17) is 4.74 Å². The van der Waals surface area contributed by atoms with Crippen LogP contribution in [0, 0.1) is 6.92 Å². The van der Waals surface area contributed by atoms with Crippen molar-refractivity contribution in [2.24, 2.45) is 0 Å². The van der Waals surface area contributed by atoms with E-state index in [0.29, 0.717) is 12.2 Å². The van der Waals surface area contributed by atoms with Crippen LogP contribution in [-0.4, -0.2) is 13.5 Å². The van der Waals surface area contributed by atoms with Crippen molar-refractivity contribution in [1.29, 1.82) is 0 Å². The Labute approximate surface area is 85.6 Å². The Morgan fingerprint density at radius 1 is 1.27 bits per heavy atom. The molecule has 0 amide bonds. The molecule has 0 N–H and O–H groups in total. The Morgan fingerprint density at radius 2 is 1.93 bits per heavy atom. The SMILES string of the molecule is COCc1ccc(OC(F)(F)F)c(C)c1. The van der Waals surface area contributed by atoms with E-state index < -0.39 is 6.36 Å². The van der Waals surface area contributed by atoms with Gasteiger partial charge in [-0.25, -0.2) is 0 Å². The predicted octanol–water partition coefficient (Wildman–Crippen LogP) is 3.04. The van der Waals surface area contributed by atoms with Crippen LogP contribution in [0.5, 0.6) is 5.75 Å². The lowest BCUT2D eigenvalue weighted by Crippen LogP contribution is -2.17. The lowest BCUT2D eigenvalue weighted by molar-refractivity contribution is -0.274. The summed E-state index contributed by atoms with van der Waals surface area (Å²) in [6, 6.07) is 4.43. The average molecular weight is 220 g/mol. The third kappa shape index (κ3) is 3.79. The van der Waals surface area contributed by atoms with E-state index in [-0.39, 0.29) is 5.75 Å². The first-order chi connectivity index (χ1) is 6.92. The van der Waals surface area contributed by atoms with Crippen LogP contribution in [0.2, 0.25) is 0 Å². The fraction of sp³-hybridized carbons (Fsp3) is 0.400. The Balaban J connectivity index is 2.84. The van der Waals surface area contributed by atoms with Crippen molar-refractivity contribution in [2.75, 3.05) is 7.11 Å². The van der Waals surface area contributed by atoms with Crippen LogP contribution in [-0.2, 0) is 11.3 Å². The van der Waals surface area contributed by atoms with Crippen molar-refractivity contribution in [3.05, 3.63) is 29.3 Å². The van der Waals surface area contributed by atoms with Gasteiger partial charge in [0.05, 0.1) is 6.61 Å². The zero-order valence-electron chi connectivity index (χ0n) is 8.39. The fourth-order valence-corrected chi connectivity index (χ4v) is 1.21. The molecule has 0 aliphatic rings. The van der Waals surface area contributed by atoms with Gasteiger partial charge < -0.3 is 9.47 Å². The topological polar surface area (TPSA) is 18.5 Å². The summed E-state index contributed by atoms with van der Waals surface area (Å²) in [6.45, 7) is 1.92. The van der Waals surface area contributed by atoms with Gasteiger partial charge in [-0.3, -0.25) is 0 Å². The zero-order chi connectivity index (χ0) is 11.5. The first-order valence-corrected chi connectivity index (χ1v) is 4.26. The molecule has 0 bridgehead atoms. The molecule has 0 radical (unpaired) electrons. The van der Waals surface area contributed by atoms with Crippen LogP contribution in [0.15, 0.2) is 18.2 Å². The van der Waals surface area contributed by atoms with E-state index in [2.05, 4.69) is 4.74 Å². The number of halogens is 3. The van der Waals surface area contributed by atoms with Crippen molar-refractivity contribution in [3.63, 3.8) is 0 Å². The first-order valence-electron chi connectivity index (χ1n) is 4.26. The zero-order valence-corrected chi connectivity index (χ0v) is 8.39. The quantitative estimate of drug-likeness (QED) is 0.779. The highest BCUT2D eigenvalue weighted by Gasteiger charge is 2.31. The fourth-order valence-electron chi connectivity index (χ4n) is 1.21. The Morgan fingerprint density at radius 3 is 2.40 bits per heavy atom. The minimum Gasteiger partial charge on any atom is -0.406 e. The second-order valence-corrected chi connectivity index (χ2v) is 3.08. The molecule has 2 nitrogen and oxygen atoms in total. The van der Waals surface area contributed by atoms with Gasteiger partial charge in [0.25, 0.3) is 0 Å². The standard InChI is InChI=1S/C10H11F3O2/c1-7-5-8(6-14-2)3-4-9(7)15-10(11,12)13/h3-5H,6H2,1-2H3. The average Bonchev–Trinajstić information content (AvgIpc) is 2.08. The highest BCUT2D eigenvalue weighted by Crippen LogP contribution is 2.26. The lowest BCUT2D eigenvalue weighted by Gasteiger charge is -2.12. The maximum atomic E-state index is 11.9. The monoisotopic (exact) mass is 220 g/mol. The molecule has 0 aromatic heterocycles. The molecular weight excluding hydrogens is 209 g/mol. The van der Waals surface area contributed by atoms with Crippen LogP contribution in [0.4, 0.5) is 13.2 Å². The predicted molar refractivity (Wildman–Crippen MR) is 48.6 cm³/mol. The number of ether oxygens (including phenoxy) is 2. The summed E-state index contributed by atoms with van der Waals surface area (Å²) in [4.78, 5) is 0. The summed E-state index contributed by atoms with van der Waals surface area (Å²) < 4.78 is 44.5. The maximum absolute atomic E-state index is 11.9. The van der Waals surface area contributed by atoms with Gasteiger partial charge in [-0.1, -0.05) is 12.1 Å². The molecule has 0 spiro atoms. The van der Waals surface area contributed by atoms with Gasteiger partial charge >= 0.3 is 6.36 Å². The Kier molecular flexibility index (Phi) is 3.57. The lowest BCUT2D eigenvalue weighted by atomic mass is 10.1.